The average Bonchev–Trinajstić information content (AvgIpc) is 3.07. The SMILES string of the molecule is COc1ccc2c(c1)C=C(C(=O)N1C[C@H]3COCC[C@@]3(C(=O)O)C1)CO2. The second kappa shape index (κ2) is 6.32. The van der Waals surface area contributed by atoms with Gasteiger partial charge in [-0.1, -0.05) is 0 Å². The number of carbonyl (C=O) groups is 2. The highest BCUT2D eigenvalue weighted by molar-refractivity contribution is 5.99. The highest BCUT2D eigenvalue weighted by Gasteiger charge is 2.55. The van der Waals surface area contributed by atoms with E-state index < -0.39 is 11.4 Å². The lowest BCUT2D eigenvalue weighted by Crippen LogP contribution is -2.45. The van der Waals surface area contributed by atoms with Gasteiger partial charge in [0.1, 0.15) is 18.1 Å². The van der Waals surface area contributed by atoms with Gasteiger partial charge in [-0.05, 0) is 30.7 Å². The fourth-order valence-corrected chi connectivity index (χ4v) is 4.06. The van der Waals surface area contributed by atoms with Gasteiger partial charge in [0.15, 0.2) is 0 Å². The summed E-state index contributed by atoms with van der Waals surface area (Å²) in [6.07, 6.45) is 2.24. The molecule has 0 aromatic heterocycles. The van der Waals surface area contributed by atoms with Crippen LogP contribution in [0.4, 0.5) is 0 Å². The van der Waals surface area contributed by atoms with E-state index >= 15 is 0 Å². The fraction of sp³-hybridized carbons (Fsp3) is 0.474. The number of rotatable bonds is 3. The quantitative estimate of drug-likeness (QED) is 0.879. The van der Waals surface area contributed by atoms with Gasteiger partial charge in [0, 0.05) is 31.2 Å². The highest BCUT2D eigenvalue weighted by atomic mass is 16.5. The molecule has 7 nitrogen and oxygen atoms in total. The van der Waals surface area contributed by atoms with E-state index in [0.717, 1.165) is 5.56 Å². The first kappa shape index (κ1) is 16.9. The van der Waals surface area contributed by atoms with Crippen molar-refractivity contribution in [1.29, 1.82) is 0 Å². The number of hydrogen-bond donors (Lipinski definition) is 1. The molecule has 0 aliphatic carbocycles. The molecule has 0 radical (unpaired) electrons. The number of likely N-dealkylation sites (tertiary alicyclic amines) is 1. The molecular weight excluding hydrogens is 338 g/mol. The molecule has 3 heterocycles. The van der Waals surface area contributed by atoms with Crippen molar-refractivity contribution in [1.82, 2.24) is 4.90 Å². The van der Waals surface area contributed by atoms with Crippen LogP contribution in [0.25, 0.3) is 6.08 Å². The van der Waals surface area contributed by atoms with E-state index in [0.29, 0.717) is 43.3 Å². The van der Waals surface area contributed by atoms with Crippen molar-refractivity contribution < 1.29 is 28.9 Å². The van der Waals surface area contributed by atoms with Crippen molar-refractivity contribution in [2.24, 2.45) is 11.3 Å². The summed E-state index contributed by atoms with van der Waals surface area (Å²) in [5.74, 6) is 0.202. The van der Waals surface area contributed by atoms with E-state index in [1.165, 1.54) is 0 Å². The number of nitrogens with zero attached hydrogens (tertiary/aromatic N) is 1. The highest BCUT2D eigenvalue weighted by Crippen LogP contribution is 2.43. The summed E-state index contributed by atoms with van der Waals surface area (Å²) in [6, 6.07) is 5.44. The molecule has 1 amide bonds. The molecule has 2 atom stereocenters. The van der Waals surface area contributed by atoms with E-state index in [9.17, 15) is 14.7 Å². The zero-order valence-corrected chi connectivity index (χ0v) is 14.6. The smallest absolute Gasteiger partial charge is 0.311 e. The van der Waals surface area contributed by atoms with Crippen LogP contribution in [0.15, 0.2) is 23.8 Å². The number of fused-ring (bicyclic) bond motifs is 2. The van der Waals surface area contributed by atoms with Crippen molar-refractivity contribution in [2.45, 2.75) is 6.42 Å². The molecule has 2 saturated heterocycles. The number of carboxylic acids is 1. The standard InChI is InChI=1S/C19H21NO6/c1-24-15-2-3-16-12(7-15)6-13(9-26-16)17(21)20-8-14-10-25-5-4-19(14,11-20)18(22)23/h2-3,6-7,14H,4-5,8-11H2,1H3,(H,22,23)/t14-,19+/m0/s1. The van der Waals surface area contributed by atoms with Crippen molar-refractivity contribution in [3.8, 4) is 11.5 Å². The monoisotopic (exact) mass is 359 g/mol. The Labute approximate surface area is 151 Å². The molecule has 1 aromatic rings. The van der Waals surface area contributed by atoms with Crippen LogP contribution in [0.3, 0.4) is 0 Å². The van der Waals surface area contributed by atoms with Crippen LogP contribution >= 0.6 is 0 Å². The molecule has 26 heavy (non-hydrogen) atoms. The lowest BCUT2D eigenvalue weighted by Gasteiger charge is -2.33. The number of ether oxygens (including phenoxy) is 3. The minimum Gasteiger partial charge on any atom is -0.497 e. The molecule has 7 heteroatoms. The number of carbonyl (C=O) groups excluding carboxylic acids is 1. The van der Waals surface area contributed by atoms with Crippen molar-refractivity contribution in [3.63, 3.8) is 0 Å². The fourth-order valence-electron chi connectivity index (χ4n) is 4.06. The Balaban J connectivity index is 1.58. The molecule has 0 saturated carbocycles. The molecule has 0 bridgehead atoms. The Morgan fingerprint density at radius 1 is 1.38 bits per heavy atom. The van der Waals surface area contributed by atoms with Gasteiger partial charge < -0.3 is 24.2 Å². The number of aliphatic carboxylic acids is 1. The predicted octanol–water partition coefficient (Wildman–Crippen LogP) is 1.42. The largest absolute Gasteiger partial charge is 0.497 e. The van der Waals surface area contributed by atoms with Crippen molar-refractivity contribution in [2.75, 3.05) is 40.0 Å². The predicted molar refractivity (Wildman–Crippen MR) is 92.0 cm³/mol. The van der Waals surface area contributed by atoms with E-state index in [-0.39, 0.29) is 25.0 Å². The number of carboxylic acid groups (broad SMARTS) is 1. The van der Waals surface area contributed by atoms with Crippen LogP contribution in [-0.2, 0) is 14.3 Å². The molecule has 3 aliphatic rings. The summed E-state index contributed by atoms with van der Waals surface area (Å²) in [5, 5.41) is 9.75. The third-order valence-electron chi connectivity index (χ3n) is 5.62. The van der Waals surface area contributed by atoms with Gasteiger partial charge in [0.05, 0.1) is 24.7 Å². The summed E-state index contributed by atoms with van der Waals surface area (Å²) in [5.41, 5.74) is 0.406. The Bertz CT molecular complexity index is 788. The minimum atomic E-state index is -0.898. The summed E-state index contributed by atoms with van der Waals surface area (Å²) >= 11 is 0. The average molecular weight is 359 g/mol. The Hall–Kier alpha value is -2.54. The van der Waals surface area contributed by atoms with Gasteiger partial charge in [-0.15, -0.1) is 0 Å². The summed E-state index contributed by atoms with van der Waals surface area (Å²) in [7, 11) is 1.58. The van der Waals surface area contributed by atoms with Gasteiger partial charge in [0.25, 0.3) is 5.91 Å². The van der Waals surface area contributed by atoms with Gasteiger partial charge in [-0.2, -0.15) is 0 Å². The molecule has 4 rings (SSSR count). The van der Waals surface area contributed by atoms with Gasteiger partial charge in [-0.3, -0.25) is 9.59 Å². The van der Waals surface area contributed by atoms with Crippen LogP contribution in [0, 0.1) is 11.3 Å². The van der Waals surface area contributed by atoms with E-state index in [4.69, 9.17) is 14.2 Å². The maximum absolute atomic E-state index is 13.0. The third kappa shape index (κ3) is 2.63. The van der Waals surface area contributed by atoms with Crippen LogP contribution in [-0.4, -0.2) is 61.9 Å². The lowest BCUT2D eigenvalue weighted by atomic mass is 9.74. The number of amides is 1. The topological polar surface area (TPSA) is 85.3 Å². The first-order valence-electron chi connectivity index (χ1n) is 8.65. The summed E-state index contributed by atoms with van der Waals surface area (Å²) in [6.45, 7) is 1.59. The van der Waals surface area contributed by atoms with E-state index in [2.05, 4.69) is 0 Å². The van der Waals surface area contributed by atoms with Crippen LogP contribution in [0.1, 0.15) is 12.0 Å². The van der Waals surface area contributed by atoms with Crippen molar-refractivity contribution in [3.05, 3.63) is 29.3 Å². The molecule has 0 unspecified atom stereocenters. The lowest BCUT2D eigenvalue weighted by molar-refractivity contribution is -0.157. The summed E-state index contributed by atoms with van der Waals surface area (Å²) in [4.78, 5) is 26.5. The molecular formula is C19H21NO6. The molecule has 3 aliphatic heterocycles. The zero-order chi connectivity index (χ0) is 18.3. The Kier molecular flexibility index (Phi) is 4.11. The van der Waals surface area contributed by atoms with Gasteiger partial charge in [-0.25, -0.2) is 0 Å². The Morgan fingerprint density at radius 3 is 2.96 bits per heavy atom. The minimum absolute atomic E-state index is 0.171. The maximum Gasteiger partial charge on any atom is 0.311 e. The van der Waals surface area contributed by atoms with Crippen LogP contribution in [0.2, 0.25) is 0 Å². The first-order valence-corrected chi connectivity index (χ1v) is 8.65. The number of benzene rings is 1. The molecule has 1 N–H and O–H groups in total. The maximum atomic E-state index is 13.0. The normalized spacial score (nSPS) is 27.0. The number of hydrogen-bond acceptors (Lipinski definition) is 5. The third-order valence-corrected chi connectivity index (χ3v) is 5.62. The van der Waals surface area contributed by atoms with Crippen LogP contribution < -0.4 is 9.47 Å². The second-order valence-electron chi connectivity index (χ2n) is 7.03. The van der Waals surface area contributed by atoms with E-state index in [1.807, 2.05) is 12.1 Å². The zero-order valence-electron chi connectivity index (χ0n) is 14.6. The Morgan fingerprint density at radius 2 is 2.23 bits per heavy atom. The first-order chi connectivity index (χ1) is 12.5. The van der Waals surface area contributed by atoms with Gasteiger partial charge >= 0.3 is 5.97 Å². The molecule has 138 valence electrons. The van der Waals surface area contributed by atoms with Crippen molar-refractivity contribution >= 4 is 18.0 Å². The van der Waals surface area contributed by atoms with E-state index in [1.54, 1.807) is 24.2 Å². The van der Waals surface area contributed by atoms with Crippen LogP contribution in [0.5, 0.6) is 11.5 Å². The molecule has 0 spiro atoms. The van der Waals surface area contributed by atoms with Gasteiger partial charge in [0.2, 0.25) is 0 Å². The molecule has 1 aromatic carbocycles. The summed E-state index contributed by atoms with van der Waals surface area (Å²) < 4.78 is 16.4. The second-order valence-corrected chi connectivity index (χ2v) is 7.03. The molecule has 2 fully saturated rings. The number of methoxy groups -OCH3 is 1.